The number of likely N-dealkylation sites (tertiary alicyclic amines) is 1. The number of ether oxygens (including phenoxy) is 2. The Morgan fingerprint density at radius 2 is 1.84 bits per heavy atom. The number of fused-ring (bicyclic) bond motifs is 2. The summed E-state index contributed by atoms with van der Waals surface area (Å²) in [5.74, 6) is 2.93. The number of pyridine rings is 1. The number of aromatic nitrogens is 1. The van der Waals surface area contributed by atoms with E-state index in [0.717, 1.165) is 66.9 Å². The van der Waals surface area contributed by atoms with E-state index in [9.17, 15) is 0 Å². The highest BCUT2D eigenvalue weighted by Crippen LogP contribution is 2.44. The van der Waals surface area contributed by atoms with Crippen LogP contribution in [-0.4, -0.2) is 55.3 Å². The van der Waals surface area contributed by atoms with E-state index < -0.39 is 0 Å². The Hall–Kier alpha value is -1.67. The van der Waals surface area contributed by atoms with Crippen molar-refractivity contribution < 1.29 is 9.47 Å². The number of piperidine rings is 1. The van der Waals surface area contributed by atoms with E-state index in [1.165, 1.54) is 42.6 Å². The Labute approximate surface area is 198 Å². The average Bonchev–Trinajstić information content (AvgIpc) is 2.98. The highest BCUT2D eigenvalue weighted by molar-refractivity contribution is 9.10. The van der Waals surface area contributed by atoms with Gasteiger partial charge in [0, 0.05) is 44.1 Å². The molecule has 7 heteroatoms. The summed E-state index contributed by atoms with van der Waals surface area (Å²) in [7, 11) is 0. The van der Waals surface area contributed by atoms with Crippen LogP contribution < -0.4 is 15.4 Å². The van der Waals surface area contributed by atoms with Gasteiger partial charge in [0.1, 0.15) is 12.4 Å². The zero-order valence-electron chi connectivity index (χ0n) is 18.4. The number of halogens is 1. The van der Waals surface area contributed by atoms with Crippen molar-refractivity contribution in [2.45, 2.75) is 50.2 Å². The van der Waals surface area contributed by atoms with Crippen molar-refractivity contribution in [3.63, 3.8) is 0 Å². The minimum atomic E-state index is 0.516. The largest absolute Gasteiger partial charge is 0.485 e. The number of benzene rings is 1. The number of rotatable bonds is 3. The third-order valence-corrected chi connectivity index (χ3v) is 8.30. The molecule has 170 valence electrons. The van der Waals surface area contributed by atoms with E-state index in [1.807, 2.05) is 6.20 Å². The first-order valence-corrected chi connectivity index (χ1v) is 12.8. The van der Waals surface area contributed by atoms with Crippen molar-refractivity contribution in [1.82, 2.24) is 15.2 Å². The molecule has 0 amide bonds. The van der Waals surface area contributed by atoms with Gasteiger partial charge < -0.3 is 20.1 Å². The summed E-state index contributed by atoms with van der Waals surface area (Å²) in [5, 5.41) is 7.03. The molecule has 5 heterocycles. The first kappa shape index (κ1) is 20.9. The Morgan fingerprint density at radius 1 is 1.03 bits per heavy atom. The summed E-state index contributed by atoms with van der Waals surface area (Å²) in [6, 6.07) is 7.48. The van der Waals surface area contributed by atoms with Gasteiger partial charge in [0.05, 0.1) is 10.2 Å². The number of hydrogen-bond donors (Lipinski definition) is 2. The smallest absolute Gasteiger partial charge is 0.157 e. The average molecular weight is 499 g/mol. The summed E-state index contributed by atoms with van der Waals surface area (Å²) < 4.78 is 13.0. The number of nitrogens with one attached hydrogen (secondary N) is 2. The van der Waals surface area contributed by atoms with Crippen molar-refractivity contribution >= 4 is 27.4 Å². The van der Waals surface area contributed by atoms with Crippen LogP contribution in [0.4, 0.5) is 11.5 Å². The van der Waals surface area contributed by atoms with Crippen molar-refractivity contribution in [2.75, 3.05) is 44.7 Å². The molecule has 0 spiro atoms. The van der Waals surface area contributed by atoms with Gasteiger partial charge in [-0.05, 0) is 95.9 Å². The lowest BCUT2D eigenvalue weighted by molar-refractivity contribution is 0.0849. The molecule has 0 saturated carbocycles. The van der Waals surface area contributed by atoms with E-state index in [1.54, 1.807) is 0 Å². The second kappa shape index (κ2) is 8.93. The standard InChI is InChI=1S/C25H31BrN4O2/c26-22-11-18(16-2-7-30(8-3-16)19-13-27-14-19)12-23-24(22)32-15-21-20(1-6-28-25(21)29-23)17-4-9-31-10-5-17/h1,6,11-12,16-17,19,27H,2-5,7-10,13-15H2,(H,28,29). The van der Waals surface area contributed by atoms with Crippen LogP contribution >= 0.6 is 15.9 Å². The number of hydrogen-bond acceptors (Lipinski definition) is 6. The van der Waals surface area contributed by atoms with Gasteiger partial charge in [-0.1, -0.05) is 0 Å². The Kier molecular flexibility index (Phi) is 5.84. The fraction of sp³-hybridized carbons (Fsp3) is 0.560. The van der Waals surface area contributed by atoms with Crippen LogP contribution in [0.2, 0.25) is 0 Å². The first-order chi connectivity index (χ1) is 15.8. The molecule has 0 unspecified atom stereocenters. The lowest BCUT2D eigenvalue weighted by Crippen LogP contribution is -2.58. The molecule has 0 bridgehead atoms. The van der Waals surface area contributed by atoms with Crippen LogP contribution in [0.5, 0.6) is 5.75 Å². The molecule has 6 nitrogen and oxygen atoms in total. The molecule has 32 heavy (non-hydrogen) atoms. The highest BCUT2D eigenvalue weighted by atomic mass is 79.9. The highest BCUT2D eigenvalue weighted by Gasteiger charge is 2.30. The van der Waals surface area contributed by atoms with Crippen LogP contribution in [0.1, 0.15) is 54.2 Å². The second-order valence-corrected chi connectivity index (χ2v) is 10.4. The van der Waals surface area contributed by atoms with E-state index in [0.29, 0.717) is 18.4 Å². The number of nitrogens with zero attached hydrogens (tertiary/aromatic N) is 2. The molecule has 6 rings (SSSR count). The van der Waals surface area contributed by atoms with Crippen LogP contribution in [0.3, 0.4) is 0 Å². The van der Waals surface area contributed by atoms with Gasteiger partial charge in [-0.15, -0.1) is 0 Å². The van der Waals surface area contributed by atoms with Crippen LogP contribution in [0.25, 0.3) is 0 Å². The third-order valence-electron chi connectivity index (χ3n) is 7.71. The van der Waals surface area contributed by atoms with Gasteiger partial charge in [0.15, 0.2) is 5.75 Å². The topological polar surface area (TPSA) is 58.7 Å². The molecule has 0 aliphatic carbocycles. The number of anilines is 2. The summed E-state index contributed by atoms with van der Waals surface area (Å²) in [5.41, 5.74) is 4.96. The molecule has 0 atom stereocenters. The minimum absolute atomic E-state index is 0.516. The maximum atomic E-state index is 6.35. The maximum Gasteiger partial charge on any atom is 0.157 e. The molecule has 4 aliphatic rings. The second-order valence-electron chi connectivity index (χ2n) is 9.53. The van der Waals surface area contributed by atoms with Gasteiger partial charge in [0.25, 0.3) is 0 Å². The lowest BCUT2D eigenvalue weighted by Gasteiger charge is -2.42. The quantitative estimate of drug-likeness (QED) is 0.648. The molecule has 2 aromatic rings. The van der Waals surface area contributed by atoms with Crippen molar-refractivity contribution in [2.24, 2.45) is 0 Å². The monoisotopic (exact) mass is 498 g/mol. The Bertz CT molecular complexity index is 982. The minimum Gasteiger partial charge on any atom is -0.485 e. The predicted molar refractivity (Wildman–Crippen MR) is 129 cm³/mol. The fourth-order valence-corrected chi connectivity index (χ4v) is 6.24. The van der Waals surface area contributed by atoms with Crippen LogP contribution in [0, 0.1) is 0 Å². The molecule has 1 aromatic heterocycles. The normalized spacial score (nSPS) is 22.8. The van der Waals surface area contributed by atoms with Crippen molar-refractivity contribution in [3.05, 3.63) is 45.6 Å². The predicted octanol–water partition coefficient (Wildman–Crippen LogP) is 4.53. The van der Waals surface area contributed by atoms with E-state index in [2.05, 4.69) is 49.7 Å². The maximum absolute atomic E-state index is 6.35. The van der Waals surface area contributed by atoms with Gasteiger partial charge in [-0.2, -0.15) is 0 Å². The molecule has 1 aromatic carbocycles. The third kappa shape index (κ3) is 3.94. The molecule has 4 aliphatic heterocycles. The fourth-order valence-electron chi connectivity index (χ4n) is 5.65. The van der Waals surface area contributed by atoms with Crippen LogP contribution in [-0.2, 0) is 11.3 Å². The SMILES string of the molecule is Brc1cc(C2CCN(C3CNC3)CC2)cc2c1OCc1c(C3CCOCC3)ccnc1N2. The van der Waals surface area contributed by atoms with E-state index in [-0.39, 0.29) is 0 Å². The molecule has 2 N–H and O–H groups in total. The summed E-state index contributed by atoms with van der Waals surface area (Å²) in [4.78, 5) is 7.36. The Balaban J connectivity index is 1.25. The summed E-state index contributed by atoms with van der Waals surface area (Å²) in [6.07, 6.45) is 6.49. The zero-order valence-corrected chi connectivity index (χ0v) is 20.0. The summed E-state index contributed by atoms with van der Waals surface area (Å²) >= 11 is 3.81. The molecule has 0 radical (unpaired) electrons. The molecular formula is C25H31BrN4O2. The van der Waals surface area contributed by atoms with E-state index in [4.69, 9.17) is 14.5 Å². The van der Waals surface area contributed by atoms with Crippen LogP contribution in [0.15, 0.2) is 28.9 Å². The summed E-state index contributed by atoms with van der Waals surface area (Å²) in [6.45, 7) is 6.89. The van der Waals surface area contributed by atoms with E-state index >= 15 is 0 Å². The molecule has 3 saturated heterocycles. The van der Waals surface area contributed by atoms with Gasteiger partial charge in [-0.3, -0.25) is 4.90 Å². The zero-order chi connectivity index (χ0) is 21.5. The van der Waals surface area contributed by atoms with Crippen molar-refractivity contribution in [3.8, 4) is 5.75 Å². The molecular weight excluding hydrogens is 468 g/mol. The van der Waals surface area contributed by atoms with Gasteiger partial charge >= 0.3 is 0 Å². The van der Waals surface area contributed by atoms with Crippen molar-refractivity contribution in [1.29, 1.82) is 0 Å². The first-order valence-electron chi connectivity index (χ1n) is 12.0. The Morgan fingerprint density at radius 3 is 2.59 bits per heavy atom. The lowest BCUT2D eigenvalue weighted by atomic mass is 9.88. The van der Waals surface area contributed by atoms with Gasteiger partial charge in [-0.25, -0.2) is 4.98 Å². The molecule has 3 fully saturated rings. The van der Waals surface area contributed by atoms with Gasteiger partial charge in [0.2, 0.25) is 0 Å².